The number of nitrogens with zero attached hydrogens (tertiary/aromatic N) is 2. The van der Waals surface area contributed by atoms with Crippen LogP contribution in [0.15, 0.2) is 58.4 Å². The zero-order chi connectivity index (χ0) is 16.1. The van der Waals surface area contributed by atoms with Crippen molar-refractivity contribution in [1.29, 1.82) is 0 Å². The summed E-state index contributed by atoms with van der Waals surface area (Å²) in [5.74, 6) is 0. The fraction of sp³-hybridized carbons (Fsp3) is 0.176. The summed E-state index contributed by atoms with van der Waals surface area (Å²) in [6, 6.07) is 7.95. The normalized spacial score (nSPS) is 9.84. The number of hydrogen-bond acceptors (Lipinski definition) is 5. The third-order valence-electron chi connectivity index (χ3n) is 2.94. The number of fused-ring (bicyclic) bond motifs is 2. The lowest BCUT2D eigenvalue weighted by molar-refractivity contribution is -0.160. The van der Waals surface area contributed by atoms with E-state index in [4.69, 9.17) is 4.33 Å². The van der Waals surface area contributed by atoms with E-state index in [0.29, 0.717) is 0 Å². The molecule has 0 aliphatic carbocycles. The van der Waals surface area contributed by atoms with Gasteiger partial charge in [0.25, 0.3) is 0 Å². The summed E-state index contributed by atoms with van der Waals surface area (Å²) in [5, 5.41) is 2.19. The van der Waals surface area contributed by atoms with E-state index in [-0.39, 0.29) is 14.9 Å². The average Bonchev–Trinajstić information content (AvgIpc) is 3.21. The second-order valence-corrected chi connectivity index (χ2v) is 6.16. The Balaban J connectivity index is 0.000000237. The first-order valence-electron chi connectivity index (χ1n) is 6.65. The van der Waals surface area contributed by atoms with Gasteiger partial charge in [-0.2, -0.15) is 4.33 Å². The molecule has 0 amide bonds. The van der Waals surface area contributed by atoms with E-state index in [0.717, 1.165) is 43.5 Å². The highest BCUT2D eigenvalue weighted by Crippen LogP contribution is 2.21. The van der Waals surface area contributed by atoms with Crippen LogP contribution in [0.3, 0.4) is 0 Å². The Morgan fingerprint density at radius 1 is 0.960 bits per heavy atom. The number of nitrogens with one attached hydrogen (secondary N) is 2. The largest absolute Gasteiger partial charge is 0.346 e. The summed E-state index contributed by atoms with van der Waals surface area (Å²) in [5.41, 5.74) is 1.81. The summed E-state index contributed by atoms with van der Waals surface area (Å²) in [6.07, 6.45) is 7.23. The summed E-state index contributed by atoms with van der Waals surface area (Å²) >= 11 is 4.48. The van der Waals surface area contributed by atoms with Crippen molar-refractivity contribution in [1.82, 2.24) is 19.9 Å². The van der Waals surface area contributed by atoms with E-state index in [1.54, 1.807) is 12.4 Å². The summed E-state index contributed by atoms with van der Waals surface area (Å²) in [4.78, 5) is 19.7. The lowest BCUT2D eigenvalue weighted by atomic mass is 10.3. The van der Waals surface area contributed by atoms with Crippen molar-refractivity contribution in [2.24, 2.45) is 0 Å². The Morgan fingerprint density at radius 2 is 1.56 bits per heavy atom. The van der Waals surface area contributed by atoms with Crippen LogP contribution in [0.1, 0.15) is 14.9 Å². The minimum atomic E-state index is 0. The maximum Gasteiger partial charge on any atom is 0.137 e. The molecule has 0 spiro atoms. The van der Waals surface area contributed by atoms with Gasteiger partial charge in [0.2, 0.25) is 0 Å². The van der Waals surface area contributed by atoms with Crippen molar-refractivity contribution in [3.63, 3.8) is 0 Å². The van der Waals surface area contributed by atoms with E-state index in [9.17, 15) is 0 Å². The second kappa shape index (κ2) is 10.2. The molecule has 0 unspecified atom stereocenters. The van der Waals surface area contributed by atoms with Gasteiger partial charge in [-0.15, -0.1) is 0 Å². The minimum absolute atomic E-state index is 0. The lowest BCUT2D eigenvalue weighted by Gasteiger charge is -1.97. The highest BCUT2D eigenvalue weighted by molar-refractivity contribution is 9.10. The minimum Gasteiger partial charge on any atom is -0.346 e. The molecule has 0 bridgehead atoms. The third kappa shape index (κ3) is 5.57. The molecule has 8 heteroatoms. The number of rotatable bonds is 3. The molecule has 6 nitrogen and oxygen atoms in total. The topological polar surface area (TPSA) is 75.8 Å². The fourth-order valence-electron chi connectivity index (χ4n) is 1.95. The molecular weight excluding hydrogens is 404 g/mol. The molecule has 2 N–H and O–H groups in total. The molecule has 25 heavy (non-hydrogen) atoms. The Bertz CT molecular complexity index is 910. The van der Waals surface area contributed by atoms with Gasteiger partial charge in [-0.05, 0) is 40.2 Å². The molecule has 134 valence electrons. The van der Waals surface area contributed by atoms with Crippen LogP contribution in [0.25, 0.3) is 22.1 Å². The maximum atomic E-state index is 4.71. The van der Waals surface area contributed by atoms with E-state index in [2.05, 4.69) is 40.8 Å². The van der Waals surface area contributed by atoms with E-state index in [1.807, 2.05) is 36.7 Å². The van der Waals surface area contributed by atoms with E-state index in [1.165, 1.54) is 7.11 Å². The van der Waals surface area contributed by atoms with Crippen LogP contribution in [-0.2, 0) is 9.22 Å². The molecule has 0 fully saturated rings. The van der Waals surface area contributed by atoms with Gasteiger partial charge in [0.15, 0.2) is 0 Å². The monoisotopic (exact) mass is 424 g/mol. The first-order chi connectivity index (χ1) is 11.3. The fourth-order valence-corrected chi connectivity index (χ4v) is 2.72. The smallest absolute Gasteiger partial charge is 0.137 e. The Hall–Kier alpha value is -1.87. The molecule has 0 aromatic carbocycles. The van der Waals surface area contributed by atoms with Crippen LogP contribution < -0.4 is 0 Å². The van der Waals surface area contributed by atoms with Crippen LogP contribution in [-0.4, -0.2) is 27.0 Å². The van der Waals surface area contributed by atoms with Crippen molar-refractivity contribution in [3.8, 4) is 0 Å². The molecule has 4 aromatic heterocycles. The van der Waals surface area contributed by atoms with Crippen molar-refractivity contribution in [2.45, 2.75) is 19.7 Å². The van der Waals surface area contributed by atoms with E-state index >= 15 is 0 Å². The molecule has 0 aliphatic heterocycles. The summed E-state index contributed by atoms with van der Waals surface area (Å²) < 4.78 is 5.73. The molecule has 0 radical (unpaired) electrons. The number of H-pyrrole nitrogens is 2. The maximum absolute atomic E-state index is 4.71. The zero-order valence-electron chi connectivity index (χ0n) is 12.1. The molecule has 0 atom stereocenters. The van der Waals surface area contributed by atoms with Crippen molar-refractivity contribution >= 4 is 50.0 Å². The standard InChI is InChI=1S/C8H8N2O2S.C7H5BrN2.2CH4/c1-11-12-13-7-4-6-2-3-9-8(6)10-5-7;8-6-3-5-1-2-9-7(5)10-4-6;;/h2-5H,1H3,(H,9,10);1-4H,(H,9,10);2*1H4. The highest BCUT2D eigenvalue weighted by atomic mass is 79.9. The van der Waals surface area contributed by atoms with Crippen LogP contribution in [0.5, 0.6) is 0 Å². The van der Waals surface area contributed by atoms with Gasteiger partial charge in [-0.1, -0.05) is 14.9 Å². The van der Waals surface area contributed by atoms with Gasteiger partial charge in [0, 0.05) is 40.0 Å². The number of pyridine rings is 2. The number of aromatic amines is 2. The molecular formula is C17H21BrN4O2S. The predicted octanol–water partition coefficient (Wildman–Crippen LogP) is 5.75. The zero-order valence-corrected chi connectivity index (χ0v) is 14.5. The lowest BCUT2D eigenvalue weighted by Crippen LogP contribution is -1.80. The number of hydrogen-bond donors (Lipinski definition) is 2. The van der Waals surface area contributed by atoms with Gasteiger partial charge < -0.3 is 9.97 Å². The van der Waals surface area contributed by atoms with Crippen LogP contribution in [0, 0.1) is 0 Å². The molecule has 0 saturated carbocycles. The van der Waals surface area contributed by atoms with Gasteiger partial charge in [-0.3, -0.25) is 0 Å². The average molecular weight is 425 g/mol. The van der Waals surface area contributed by atoms with Gasteiger partial charge in [0.05, 0.1) is 24.0 Å². The third-order valence-corrected chi connectivity index (χ3v) is 3.99. The first-order valence-corrected chi connectivity index (χ1v) is 8.19. The van der Waals surface area contributed by atoms with Crippen LogP contribution in [0.4, 0.5) is 0 Å². The summed E-state index contributed by atoms with van der Waals surface area (Å²) in [6.45, 7) is 0. The predicted molar refractivity (Wildman–Crippen MR) is 107 cm³/mol. The van der Waals surface area contributed by atoms with Crippen molar-refractivity contribution < 1.29 is 9.22 Å². The molecule has 0 aliphatic rings. The van der Waals surface area contributed by atoms with Crippen molar-refractivity contribution in [2.75, 3.05) is 7.11 Å². The Kier molecular flexibility index (Phi) is 8.64. The molecule has 0 saturated heterocycles. The van der Waals surface area contributed by atoms with Gasteiger partial charge >= 0.3 is 0 Å². The number of halogens is 1. The van der Waals surface area contributed by atoms with Gasteiger partial charge in [-0.25, -0.2) is 14.9 Å². The van der Waals surface area contributed by atoms with Crippen LogP contribution in [0.2, 0.25) is 0 Å². The van der Waals surface area contributed by atoms with Crippen molar-refractivity contribution in [3.05, 3.63) is 53.5 Å². The molecule has 4 heterocycles. The number of aromatic nitrogens is 4. The Morgan fingerprint density at radius 3 is 2.20 bits per heavy atom. The van der Waals surface area contributed by atoms with E-state index < -0.39 is 0 Å². The second-order valence-electron chi connectivity index (χ2n) is 4.47. The molecule has 4 rings (SSSR count). The SMILES string of the molecule is Brc1cnc2[nH]ccc2c1.C.C.COOSc1cnc2[nH]ccc2c1. The van der Waals surface area contributed by atoms with Crippen LogP contribution >= 0.6 is 28.0 Å². The highest BCUT2D eigenvalue weighted by Gasteiger charge is 1.99. The van der Waals surface area contributed by atoms with Gasteiger partial charge in [0.1, 0.15) is 11.3 Å². The summed E-state index contributed by atoms with van der Waals surface area (Å²) in [7, 11) is 1.47. The Labute approximate surface area is 159 Å². The molecule has 4 aromatic rings. The first kappa shape index (κ1) is 21.2. The quantitative estimate of drug-likeness (QED) is 0.249.